The number of ether oxygens (including phenoxy) is 1. The molecule has 4 heterocycles. The highest BCUT2D eigenvalue weighted by molar-refractivity contribution is 5.94. The van der Waals surface area contributed by atoms with Gasteiger partial charge in [0.25, 0.3) is 5.91 Å². The number of aryl methyl sites for hydroxylation is 1. The van der Waals surface area contributed by atoms with E-state index in [9.17, 15) is 4.79 Å². The lowest BCUT2D eigenvalue weighted by atomic mass is 9.87. The van der Waals surface area contributed by atoms with Gasteiger partial charge in [0.2, 0.25) is 0 Å². The van der Waals surface area contributed by atoms with Crippen LogP contribution >= 0.6 is 0 Å². The zero-order valence-electron chi connectivity index (χ0n) is 14.5. The molecule has 5 nitrogen and oxygen atoms in total. The van der Waals surface area contributed by atoms with Crippen molar-refractivity contribution in [3.63, 3.8) is 0 Å². The minimum absolute atomic E-state index is 0.00949. The maximum atomic E-state index is 12.6. The molecule has 3 aliphatic heterocycles. The highest BCUT2D eigenvalue weighted by atomic mass is 16.5. The van der Waals surface area contributed by atoms with E-state index in [1.807, 2.05) is 24.0 Å². The first-order chi connectivity index (χ1) is 11.7. The van der Waals surface area contributed by atoms with Crippen LogP contribution in [0.2, 0.25) is 0 Å². The molecule has 1 aromatic rings. The molecular weight excluding hydrogens is 302 g/mol. The van der Waals surface area contributed by atoms with Gasteiger partial charge in [0, 0.05) is 31.0 Å². The molecule has 0 bridgehead atoms. The Morgan fingerprint density at radius 3 is 2.62 bits per heavy atom. The van der Waals surface area contributed by atoms with E-state index in [0.29, 0.717) is 11.6 Å². The minimum atomic E-state index is 0.00949. The zero-order chi connectivity index (χ0) is 16.6. The fraction of sp³-hybridized carbons (Fsp3) is 0.684. The normalized spacial score (nSPS) is 27.0. The fourth-order valence-corrected chi connectivity index (χ4v) is 4.40. The topological polar surface area (TPSA) is 45.7 Å². The molecule has 0 aliphatic carbocycles. The lowest BCUT2D eigenvalue weighted by Crippen LogP contribution is -2.47. The number of likely N-dealkylation sites (tertiary alicyclic amines) is 2. The van der Waals surface area contributed by atoms with Gasteiger partial charge in [-0.15, -0.1) is 0 Å². The summed E-state index contributed by atoms with van der Waals surface area (Å²) in [4.78, 5) is 21.4. The number of carbonyl (C=O) groups excluding carboxylic acids is 1. The molecule has 3 saturated heterocycles. The molecule has 1 unspecified atom stereocenters. The number of piperidine rings is 1. The zero-order valence-corrected chi connectivity index (χ0v) is 14.5. The molecule has 0 aromatic carbocycles. The molecule has 0 saturated carbocycles. The van der Waals surface area contributed by atoms with Crippen LogP contribution < -0.4 is 0 Å². The number of rotatable bonds is 2. The smallest absolute Gasteiger partial charge is 0.255 e. The van der Waals surface area contributed by atoms with Crippen molar-refractivity contribution in [2.75, 3.05) is 32.8 Å². The molecule has 24 heavy (non-hydrogen) atoms. The molecule has 3 fully saturated rings. The van der Waals surface area contributed by atoms with Crippen LogP contribution in [0.15, 0.2) is 18.3 Å². The largest absolute Gasteiger partial charge is 0.373 e. The van der Waals surface area contributed by atoms with E-state index >= 15 is 0 Å². The van der Waals surface area contributed by atoms with Crippen molar-refractivity contribution in [1.29, 1.82) is 0 Å². The highest BCUT2D eigenvalue weighted by Crippen LogP contribution is 2.38. The van der Waals surface area contributed by atoms with Gasteiger partial charge >= 0.3 is 0 Å². The van der Waals surface area contributed by atoms with Gasteiger partial charge in [-0.2, -0.15) is 0 Å². The number of carbonyl (C=O) groups is 1. The van der Waals surface area contributed by atoms with Crippen LogP contribution in [0.5, 0.6) is 0 Å². The summed E-state index contributed by atoms with van der Waals surface area (Å²) in [6.45, 7) is 6.85. The van der Waals surface area contributed by atoms with Crippen molar-refractivity contribution in [2.24, 2.45) is 0 Å². The van der Waals surface area contributed by atoms with Crippen molar-refractivity contribution in [3.05, 3.63) is 29.6 Å². The van der Waals surface area contributed by atoms with Crippen LogP contribution in [-0.4, -0.2) is 65.1 Å². The number of pyridine rings is 1. The van der Waals surface area contributed by atoms with Crippen LogP contribution in [-0.2, 0) is 4.74 Å². The SMILES string of the molecule is Cc1ccc(C(=O)N2CCC3(CC2)CC(N2CCCC2)CO3)cn1. The third-order valence-corrected chi connectivity index (χ3v) is 5.97. The molecule has 5 heteroatoms. The Morgan fingerprint density at radius 2 is 1.96 bits per heavy atom. The number of hydrogen-bond acceptors (Lipinski definition) is 4. The van der Waals surface area contributed by atoms with E-state index in [1.165, 1.54) is 25.9 Å². The van der Waals surface area contributed by atoms with Gasteiger partial charge in [0.15, 0.2) is 0 Å². The van der Waals surface area contributed by atoms with Crippen LogP contribution in [0.4, 0.5) is 0 Å². The third-order valence-electron chi connectivity index (χ3n) is 5.97. The molecule has 1 amide bonds. The lowest BCUT2D eigenvalue weighted by Gasteiger charge is -2.39. The van der Waals surface area contributed by atoms with Crippen molar-refractivity contribution in [2.45, 2.75) is 50.7 Å². The Labute approximate surface area is 144 Å². The predicted octanol–water partition coefficient (Wildman–Crippen LogP) is 2.25. The second-order valence-electron chi connectivity index (χ2n) is 7.58. The van der Waals surface area contributed by atoms with E-state index in [4.69, 9.17) is 4.74 Å². The van der Waals surface area contributed by atoms with E-state index < -0.39 is 0 Å². The van der Waals surface area contributed by atoms with Gasteiger partial charge in [-0.05, 0) is 64.3 Å². The number of nitrogens with zero attached hydrogens (tertiary/aromatic N) is 3. The van der Waals surface area contributed by atoms with E-state index in [0.717, 1.165) is 44.7 Å². The predicted molar refractivity (Wildman–Crippen MR) is 92.0 cm³/mol. The van der Waals surface area contributed by atoms with Crippen molar-refractivity contribution < 1.29 is 9.53 Å². The maximum Gasteiger partial charge on any atom is 0.255 e. The molecule has 0 N–H and O–H groups in total. The minimum Gasteiger partial charge on any atom is -0.373 e. The average molecular weight is 329 g/mol. The summed E-state index contributed by atoms with van der Waals surface area (Å²) in [6.07, 6.45) is 7.41. The summed E-state index contributed by atoms with van der Waals surface area (Å²) >= 11 is 0. The van der Waals surface area contributed by atoms with E-state index in [1.54, 1.807) is 6.20 Å². The second-order valence-corrected chi connectivity index (χ2v) is 7.58. The first kappa shape index (κ1) is 16.0. The Morgan fingerprint density at radius 1 is 1.21 bits per heavy atom. The summed E-state index contributed by atoms with van der Waals surface area (Å²) in [6, 6.07) is 4.38. The molecule has 1 aromatic heterocycles. The average Bonchev–Trinajstić information content (AvgIpc) is 3.26. The summed E-state index contributed by atoms with van der Waals surface area (Å²) < 4.78 is 6.26. The lowest BCUT2D eigenvalue weighted by molar-refractivity contribution is -0.0393. The second kappa shape index (κ2) is 6.45. The van der Waals surface area contributed by atoms with Gasteiger partial charge in [0.1, 0.15) is 0 Å². The maximum absolute atomic E-state index is 12.6. The molecule has 4 rings (SSSR count). The van der Waals surface area contributed by atoms with Crippen LogP contribution in [0, 0.1) is 6.92 Å². The highest BCUT2D eigenvalue weighted by Gasteiger charge is 2.45. The summed E-state index contributed by atoms with van der Waals surface area (Å²) in [7, 11) is 0. The van der Waals surface area contributed by atoms with Gasteiger partial charge in [-0.3, -0.25) is 14.7 Å². The summed E-state index contributed by atoms with van der Waals surface area (Å²) in [5.41, 5.74) is 1.64. The van der Waals surface area contributed by atoms with Gasteiger partial charge in [-0.1, -0.05) is 0 Å². The van der Waals surface area contributed by atoms with Crippen molar-refractivity contribution >= 4 is 5.91 Å². The molecule has 130 valence electrons. The fourth-order valence-electron chi connectivity index (χ4n) is 4.40. The van der Waals surface area contributed by atoms with E-state index in [-0.39, 0.29) is 11.5 Å². The summed E-state index contributed by atoms with van der Waals surface area (Å²) in [5, 5.41) is 0. The Hall–Kier alpha value is -1.46. The molecular formula is C19H27N3O2. The molecule has 1 atom stereocenters. The van der Waals surface area contributed by atoms with Gasteiger partial charge < -0.3 is 9.64 Å². The van der Waals surface area contributed by atoms with E-state index in [2.05, 4.69) is 9.88 Å². The number of amides is 1. The Bertz CT molecular complexity index is 587. The monoisotopic (exact) mass is 329 g/mol. The Balaban J connectivity index is 1.35. The van der Waals surface area contributed by atoms with Crippen LogP contribution in [0.3, 0.4) is 0 Å². The standard InChI is InChI=1S/C19H27N3O2/c1-15-4-5-16(13-20-15)18(23)22-10-6-19(7-11-22)12-17(14-24-19)21-8-2-3-9-21/h4-5,13,17H,2-3,6-12,14H2,1H3. The molecule has 0 radical (unpaired) electrons. The van der Waals surface area contributed by atoms with Crippen LogP contribution in [0.25, 0.3) is 0 Å². The summed E-state index contributed by atoms with van der Waals surface area (Å²) in [5.74, 6) is 0.103. The quantitative estimate of drug-likeness (QED) is 0.835. The van der Waals surface area contributed by atoms with Crippen LogP contribution in [0.1, 0.15) is 48.2 Å². The number of aromatic nitrogens is 1. The molecule has 3 aliphatic rings. The first-order valence-corrected chi connectivity index (χ1v) is 9.25. The van der Waals surface area contributed by atoms with Gasteiger partial charge in [-0.25, -0.2) is 0 Å². The van der Waals surface area contributed by atoms with Gasteiger partial charge in [0.05, 0.1) is 17.8 Å². The Kier molecular flexibility index (Phi) is 4.31. The third kappa shape index (κ3) is 3.07. The van der Waals surface area contributed by atoms with Crippen molar-refractivity contribution in [3.8, 4) is 0 Å². The van der Waals surface area contributed by atoms with Crippen molar-refractivity contribution in [1.82, 2.24) is 14.8 Å². The first-order valence-electron chi connectivity index (χ1n) is 9.25. The number of hydrogen-bond donors (Lipinski definition) is 0. The molecule has 1 spiro atoms.